The maximum Gasteiger partial charge on any atom is 0.379 e. The molecule has 0 fully saturated rings. The molecule has 0 bridgehead atoms. The Morgan fingerprint density at radius 2 is 1.85 bits per heavy atom. The lowest BCUT2D eigenvalue weighted by molar-refractivity contribution is -0.175. The number of rotatable bonds is 4. The molecule has 0 amide bonds. The van der Waals surface area contributed by atoms with Gasteiger partial charge in [0.05, 0.1) is 6.61 Å². The van der Waals surface area contributed by atoms with Crippen LogP contribution in [-0.4, -0.2) is 18.5 Å². The van der Waals surface area contributed by atoms with Gasteiger partial charge in [0.15, 0.2) is 0 Å². The molecule has 3 nitrogen and oxygen atoms in total. The van der Waals surface area contributed by atoms with E-state index in [0.29, 0.717) is 12.1 Å². The van der Waals surface area contributed by atoms with Gasteiger partial charge in [-0.3, -0.25) is 0 Å². The monoisotopic (exact) mass is 335 g/mol. The van der Waals surface area contributed by atoms with Crippen LogP contribution in [0.15, 0.2) is 12.1 Å². The number of carbonyl (C=O) groups is 1. The summed E-state index contributed by atoms with van der Waals surface area (Å²) < 4.78 is 58.2. The molecule has 0 aliphatic heterocycles. The van der Waals surface area contributed by atoms with Gasteiger partial charge in [0, 0.05) is 10.6 Å². The Kier molecular flexibility index (Phi) is 6.73. The van der Waals surface area contributed by atoms with Crippen molar-refractivity contribution in [1.82, 2.24) is 0 Å². The molecule has 0 aliphatic carbocycles. The maximum absolute atomic E-state index is 13.6. The van der Waals surface area contributed by atoms with Gasteiger partial charge in [-0.2, -0.15) is 8.78 Å². The molecule has 0 heterocycles. The number of benzene rings is 1. The molecule has 1 aromatic carbocycles. The molecule has 1 atom stereocenters. The quantitative estimate of drug-likeness (QED) is 0.678. The number of esters is 1. The highest BCUT2D eigenvalue weighted by molar-refractivity contribution is 6.30. The van der Waals surface area contributed by atoms with Crippen molar-refractivity contribution in [3.05, 3.63) is 34.4 Å². The van der Waals surface area contributed by atoms with Gasteiger partial charge in [0.25, 0.3) is 0 Å². The Morgan fingerprint density at radius 1 is 1.40 bits per heavy atom. The second-order valence-corrected chi connectivity index (χ2v) is 4.04. The third kappa shape index (κ3) is 3.74. The number of ether oxygens (including phenoxy) is 1. The first-order valence-electron chi connectivity index (χ1n) is 5.16. The van der Waals surface area contributed by atoms with Crippen LogP contribution in [0.3, 0.4) is 0 Å². The largest absolute Gasteiger partial charge is 0.462 e. The van der Waals surface area contributed by atoms with E-state index < -0.39 is 35.1 Å². The van der Waals surface area contributed by atoms with E-state index in [9.17, 15) is 22.4 Å². The zero-order chi connectivity index (χ0) is 14.8. The maximum atomic E-state index is 13.6. The van der Waals surface area contributed by atoms with E-state index in [1.54, 1.807) is 0 Å². The van der Waals surface area contributed by atoms with Gasteiger partial charge in [-0.25, -0.2) is 13.6 Å². The standard InChI is InChI=1S/C11H10ClF4NO2.ClH/c1-2-19-10(18)11(15,16)9(17)8-6(13)3-5(12)4-7(8)14;/h3-4,9H,2,17H2,1H3;1H/t9-;/m1./s1. The zero-order valence-corrected chi connectivity index (χ0v) is 11.7. The highest BCUT2D eigenvalue weighted by atomic mass is 35.5. The SMILES string of the molecule is CCOC(=O)C(F)(F)[C@H](N)c1c(F)cc(Cl)cc1F.Cl. The third-order valence-corrected chi connectivity index (χ3v) is 2.51. The van der Waals surface area contributed by atoms with Gasteiger partial charge in [-0.15, -0.1) is 12.4 Å². The van der Waals surface area contributed by atoms with E-state index in [1.807, 2.05) is 0 Å². The van der Waals surface area contributed by atoms with Crippen LogP contribution in [0.4, 0.5) is 17.6 Å². The van der Waals surface area contributed by atoms with Crippen LogP contribution in [0, 0.1) is 11.6 Å². The van der Waals surface area contributed by atoms with Crippen molar-refractivity contribution < 1.29 is 27.1 Å². The topological polar surface area (TPSA) is 52.3 Å². The van der Waals surface area contributed by atoms with Crippen LogP contribution in [-0.2, 0) is 9.53 Å². The molecule has 2 N–H and O–H groups in total. The average Bonchev–Trinajstić information content (AvgIpc) is 2.27. The third-order valence-electron chi connectivity index (χ3n) is 2.29. The number of alkyl halides is 2. The molecule has 0 spiro atoms. The van der Waals surface area contributed by atoms with Crippen LogP contribution in [0.25, 0.3) is 0 Å². The van der Waals surface area contributed by atoms with Crippen LogP contribution in [0.1, 0.15) is 18.5 Å². The molecular formula is C11H11Cl2F4NO2. The lowest BCUT2D eigenvalue weighted by atomic mass is 10.00. The number of nitrogens with two attached hydrogens (primary N) is 1. The van der Waals surface area contributed by atoms with E-state index in [-0.39, 0.29) is 24.0 Å². The molecule has 114 valence electrons. The molecular weight excluding hydrogens is 325 g/mol. The Bertz CT molecular complexity index is 476. The lowest BCUT2D eigenvalue weighted by Gasteiger charge is -2.22. The molecule has 0 unspecified atom stereocenters. The Balaban J connectivity index is 0.00000361. The fourth-order valence-corrected chi connectivity index (χ4v) is 1.58. The summed E-state index contributed by atoms with van der Waals surface area (Å²) in [5, 5.41) is -0.314. The normalized spacial score (nSPS) is 12.6. The molecule has 0 aromatic heterocycles. The number of hydrogen-bond donors (Lipinski definition) is 1. The van der Waals surface area contributed by atoms with Gasteiger partial charge in [-0.05, 0) is 19.1 Å². The van der Waals surface area contributed by atoms with Crippen molar-refractivity contribution in [2.24, 2.45) is 5.73 Å². The minimum absolute atomic E-state index is 0. The highest BCUT2D eigenvalue weighted by Crippen LogP contribution is 2.34. The van der Waals surface area contributed by atoms with E-state index in [4.69, 9.17) is 17.3 Å². The van der Waals surface area contributed by atoms with Gasteiger partial charge in [0.2, 0.25) is 0 Å². The Hall–Kier alpha value is -1.05. The van der Waals surface area contributed by atoms with Crippen molar-refractivity contribution >= 4 is 30.0 Å². The number of halogens is 6. The summed E-state index contributed by atoms with van der Waals surface area (Å²) >= 11 is 5.35. The fourth-order valence-electron chi connectivity index (χ4n) is 1.39. The van der Waals surface area contributed by atoms with E-state index in [2.05, 4.69) is 4.74 Å². The predicted molar refractivity (Wildman–Crippen MR) is 67.1 cm³/mol. The smallest absolute Gasteiger partial charge is 0.379 e. The first kappa shape index (κ1) is 18.9. The molecule has 1 rings (SSSR count). The van der Waals surface area contributed by atoms with Crippen molar-refractivity contribution in [2.45, 2.75) is 18.9 Å². The lowest BCUT2D eigenvalue weighted by Crippen LogP contribution is -2.42. The average molecular weight is 336 g/mol. The van der Waals surface area contributed by atoms with E-state index >= 15 is 0 Å². The van der Waals surface area contributed by atoms with Crippen molar-refractivity contribution in [1.29, 1.82) is 0 Å². The molecule has 0 saturated heterocycles. The second-order valence-electron chi connectivity index (χ2n) is 3.60. The minimum atomic E-state index is -4.26. The summed E-state index contributed by atoms with van der Waals surface area (Å²) in [7, 11) is 0. The second kappa shape index (κ2) is 7.10. The van der Waals surface area contributed by atoms with E-state index in [1.165, 1.54) is 6.92 Å². The Morgan fingerprint density at radius 3 is 2.25 bits per heavy atom. The van der Waals surface area contributed by atoms with E-state index in [0.717, 1.165) is 0 Å². The van der Waals surface area contributed by atoms with Crippen LogP contribution < -0.4 is 5.73 Å². The van der Waals surface area contributed by atoms with Crippen molar-refractivity contribution in [3.8, 4) is 0 Å². The molecule has 0 radical (unpaired) electrons. The van der Waals surface area contributed by atoms with Crippen molar-refractivity contribution in [2.75, 3.05) is 6.61 Å². The summed E-state index contributed by atoms with van der Waals surface area (Å²) in [5.41, 5.74) is 3.96. The minimum Gasteiger partial charge on any atom is -0.462 e. The molecule has 0 aliphatic rings. The van der Waals surface area contributed by atoms with Gasteiger partial charge in [0.1, 0.15) is 17.7 Å². The molecule has 9 heteroatoms. The zero-order valence-electron chi connectivity index (χ0n) is 10.1. The predicted octanol–water partition coefficient (Wildman–Crippen LogP) is 3.24. The summed E-state index contributed by atoms with van der Waals surface area (Å²) in [6.45, 7) is 0.996. The van der Waals surface area contributed by atoms with Crippen LogP contribution >= 0.6 is 24.0 Å². The summed E-state index contributed by atoms with van der Waals surface area (Å²) in [5.74, 6) is -8.93. The fraction of sp³-hybridized carbons (Fsp3) is 0.364. The van der Waals surface area contributed by atoms with Gasteiger partial charge < -0.3 is 10.5 Å². The molecule has 1 aromatic rings. The first-order chi connectivity index (χ1) is 8.71. The van der Waals surface area contributed by atoms with Crippen molar-refractivity contribution in [3.63, 3.8) is 0 Å². The summed E-state index contributed by atoms with van der Waals surface area (Å²) in [6, 6.07) is -1.26. The molecule has 0 saturated carbocycles. The number of hydrogen-bond acceptors (Lipinski definition) is 3. The van der Waals surface area contributed by atoms with Crippen LogP contribution in [0.2, 0.25) is 5.02 Å². The Labute approximate surface area is 123 Å². The van der Waals surface area contributed by atoms with Gasteiger partial charge in [-0.1, -0.05) is 11.6 Å². The molecule has 20 heavy (non-hydrogen) atoms. The first-order valence-corrected chi connectivity index (χ1v) is 5.54. The van der Waals surface area contributed by atoms with Gasteiger partial charge >= 0.3 is 11.9 Å². The summed E-state index contributed by atoms with van der Waals surface area (Å²) in [4.78, 5) is 11.0. The summed E-state index contributed by atoms with van der Waals surface area (Å²) in [6.07, 6.45) is 0. The highest BCUT2D eigenvalue weighted by Gasteiger charge is 2.49. The van der Waals surface area contributed by atoms with Crippen LogP contribution in [0.5, 0.6) is 0 Å². The number of carbonyl (C=O) groups excluding carboxylic acids is 1.